The quantitative estimate of drug-likeness (QED) is 0.704. The Bertz CT molecular complexity index is 261. The summed E-state index contributed by atoms with van der Waals surface area (Å²) in [6.07, 6.45) is 4.40. The Morgan fingerprint density at radius 1 is 1.21 bits per heavy atom. The van der Waals surface area contributed by atoms with Crippen molar-refractivity contribution in [3.05, 3.63) is 18.0 Å². The standard InChI is InChI=1S/C12H22N2/c1-10(2)5-7-14-8-6-12(13-14)9-11(3)4/h6,8,10-11H,5,7,9H2,1-4H3. The molecular weight excluding hydrogens is 172 g/mol. The van der Waals surface area contributed by atoms with Crippen LogP contribution < -0.4 is 0 Å². The summed E-state index contributed by atoms with van der Waals surface area (Å²) < 4.78 is 2.07. The normalized spacial score (nSPS) is 11.6. The van der Waals surface area contributed by atoms with E-state index in [0.717, 1.165) is 18.9 Å². The van der Waals surface area contributed by atoms with Crippen LogP contribution >= 0.6 is 0 Å². The van der Waals surface area contributed by atoms with Gasteiger partial charge < -0.3 is 0 Å². The topological polar surface area (TPSA) is 17.8 Å². The third-order valence-electron chi connectivity index (χ3n) is 2.25. The van der Waals surface area contributed by atoms with Crippen LogP contribution in [-0.4, -0.2) is 9.78 Å². The lowest BCUT2D eigenvalue weighted by Gasteiger charge is -2.04. The molecule has 1 rings (SSSR count). The van der Waals surface area contributed by atoms with Gasteiger partial charge in [-0.3, -0.25) is 4.68 Å². The zero-order valence-electron chi connectivity index (χ0n) is 9.83. The Kier molecular flexibility index (Phi) is 4.18. The van der Waals surface area contributed by atoms with Gasteiger partial charge in [-0.05, 0) is 30.7 Å². The van der Waals surface area contributed by atoms with Gasteiger partial charge in [0.05, 0.1) is 5.69 Å². The van der Waals surface area contributed by atoms with E-state index in [1.54, 1.807) is 0 Å². The number of hydrogen-bond acceptors (Lipinski definition) is 1. The maximum Gasteiger partial charge on any atom is 0.0627 e. The molecule has 0 saturated heterocycles. The van der Waals surface area contributed by atoms with Crippen LogP contribution in [0.4, 0.5) is 0 Å². The van der Waals surface area contributed by atoms with Gasteiger partial charge in [0.2, 0.25) is 0 Å². The van der Waals surface area contributed by atoms with Crippen LogP contribution in [0, 0.1) is 11.8 Å². The van der Waals surface area contributed by atoms with Crippen molar-refractivity contribution in [3.8, 4) is 0 Å². The lowest BCUT2D eigenvalue weighted by molar-refractivity contribution is 0.482. The number of aromatic nitrogens is 2. The van der Waals surface area contributed by atoms with Crippen molar-refractivity contribution in [3.63, 3.8) is 0 Å². The fourth-order valence-electron chi connectivity index (χ4n) is 1.45. The number of hydrogen-bond donors (Lipinski definition) is 0. The Morgan fingerprint density at radius 2 is 1.93 bits per heavy atom. The van der Waals surface area contributed by atoms with Gasteiger partial charge >= 0.3 is 0 Å². The molecule has 0 aliphatic carbocycles. The highest BCUT2D eigenvalue weighted by Gasteiger charge is 2.02. The molecule has 1 heterocycles. The molecule has 0 bridgehead atoms. The molecule has 0 saturated carbocycles. The van der Waals surface area contributed by atoms with Gasteiger partial charge in [-0.2, -0.15) is 5.10 Å². The predicted octanol–water partition coefficient (Wildman–Crippen LogP) is 3.13. The maximum absolute atomic E-state index is 4.54. The number of rotatable bonds is 5. The molecule has 2 nitrogen and oxygen atoms in total. The van der Waals surface area contributed by atoms with Gasteiger partial charge in [0.1, 0.15) is 0 Å². The minimum Gasteiger partial charge on any atom is -0.272 e. The minimum absolute atomic E-state index is 0.698. The van der Waals surface area contributed by atoms with Crippen LogP contribution in [0.1, 0.15) is 39.8 Å². The van der Waals surface area contributed by atoms with Gasteiger partial charge in [-0.1, -0.05) is 27.7 Å². The fraction of sp³-hybridized carbons (Fsp3) is 0.750. The van der Waals surface area contributed by atoms with Gasteiger partial charge in [-0.25, -0.2) is 0 Å². The van der Waals surface area contributed by atoms with E-state index >= 15 is 0 Å². The van der Waals surface area contributed by atoms with E-state index in [0.29, 0.717) is 5.92 Å². The van der Waals surface area contributed by atoms with Crippen molar-refractivity contribution in [2.75, 3.05) is 0 Å². The van der Waals surface area contributed by atoms with Gasteiger partial charge in [0, 0.05) is 12.7 Å². The molecule has 0 amide bonds. The molecule has 0 atom stereocenters. The molecular formula is C12H22N2. The van der Waals surface area contributed by atoms with Gasteiger partial charge in [0.15, 0.2) is 0 Å². The molecule has 0 aliphatic rings. The smallest absolute Gasteiger partial charge is 0.0627 e. The van der Waals surface area contributed by atoms with Crippen LogP contribution in [0.3, 0.4) is 0 Å². The third kappa shape index (κ3) is 3.95. The van der Waals surface area contributed by atoms with E-state index in [2.05, 4.69) is 49.7 Å². The Labute approximate surface area is 87.3 Å². The van der Waals surface area contributed by atoms with Crippen LogP contribution in [0.5, 0.6) is 0 Å². The summed E-state index contributed by atoms with van der Waals surface area (Å²) >= 11 is 0. The van der Waals surface area contributed by atoms with E-state index in [4.69, 9.17) is 0 Å². The highest BCUT2D eigenvalue weighted by atomic mass is 15.3. The fourth-order valence-corrected chi connectivity index (χ4v) is 1.45. The summed E-state index contributed by atoms with van der Waals surface area (Å²) in [7, 11) is 0. The largest absolute Gasteiger partial charge is 0.272 e. The second-order valence-corrected chi connectivity index (χ2v) is 4.85. The second kappa shape index (κ2) is 5.18. The first-order valence-electron chi connectivity index (χ1n) is 5.60. The third-order valence-corrected chi connectivity index (χ3v) is 2.25. The zero-order valence-corrected chi connectivity index (χ0v) is 9.83. The first-order valence-corrected chi connectivity index (χ1v) is 5.60. The monoisotopic (exact) mass is 194 g/mol. The average Bonchev–Trinajstić information content (AvgIpc) is 2.47. The minimum atomic E-state index is 0.698. The molecule has 0 radical (unpaired) electrons. The maximum atomic E-state index is 4.54. The van der Waals surface area contributed by atoms with Gasteiger partial charge in [0.25, 0.3) is 0 Å². The Morgan fingerprint density at radius 3 is 2.50 bits per heavy atom. The van der Waals surface area contributed by atoms with Crippen molar-refractivity contribution in [2.24, 2.45) is 11.8 Å². The number of aryl methyl sites for hydroxylation is 1. The van der Waals surface area contributed by atoms with Crippen molar-refractivity contribution in [2.45, 2.75) is 47.1 Å². The summed E-state index contributed by atoms with van der Waals surface area (Å²) in [5.74, 6) is 1.45. The zero-order chi connectivity index (χ0) is 10.6. The molecule has 0 aromatic carbocycles. The lowest BCUT2D eigenvalue weighted by atomic mass is 10.1. The van der Waals surface area contributed by atoms with E-state index in [1.165, 1.54) is 12.1 Å². The van der Waals surface area contributed by atoms with Crippen molar-refractivity contribution >= 4 is 0 Å². The molecule has 0 aliphatic heterocycles. The molecule has 1 aromatic rings. The van der Waals surface area contributed by atoms with Crippen LogP contribution in [0.2, 0.25) is 0 Å². The molecule has 0 fully saturated rings. The second-order valence-electron chi connectivity index (χ2n) is 4.85. The van der Waals surface area contributed by atoms with Crippen molar-refractivity contribution < 1.29 is 0 Å². The highest BCUT2D eigenvalue weighted by Crippen LogP contribution is 2.07. The molecule has 80 valence electrons. The highest BCUT2D eigenvalue weighted by molar-refractivity contribution is 4.99. The summed E-state index contributed by atoms with van der Waals surface area (Å²) in [5.41, 5.74) is 1.23. The Hall–Kier alpha value is -0.790. The summed E-state index contributed by atoms with van der Waals surface area (Å²) in [4.78, 5) is 0. The Balaban J connectivity index is 2.42. The molecule has 0 N–H and O–H groups in total. The summed E-state index contributed by atoms with van der Waals surface area (Å²) in [5, 5.41) is 4.54. The average molecular weight is 194 g/mol. The molecule has 2 heteroatoms. The number of nitrogens with zero attached hydrogens (tertiary/aromatic N) is 2. The van der Waals surface area contributed by atoms with E-state index in [-0.39, 0.29) is 0 Å². The van der Waals surface area contributed by atoms with Crippen molar-refractivity contribution in [1.29, 1.82) is 0 Å². The van der Waals surface area contributed by atoms with Gasteiger partial charge in [-0.15, -0.1) is 0 Å². The van der Waals surface area contributed by atoms with Crippen LogP contribution in [0.15, 0.2) is 12.3 Å². The first kappa shape index (κ1) is 11.3. The molecule has 0 spiro atoms. The molecule has 14 heavy (non-hydrogen) atoms. The first-order chi connectivity index (χ1) is 6.58. The summed E-state index contributed by atoms with van der Waals surface area (Å²) in [6, 6.07) is 2.14. The van der Waals surface area contributed by atoms with E-state index in [1.807, 2.05) is 0 Å². The predicted molar refractivity (Wildman–Crippen MR) is 60.2 cm³/mol. The molecule has 1 aromatic heterocycles. The van der Waals surface area contributed by atoms with Crippen LogP contribution in [-0.2, 0) is 13.0 Å². The summed E-state index contributed by atoms with van der Waals surface area (Å²) in [6.45, 7) is 10.0. The van der Waals surface area contributed by atoms with E-state index in [9.17, 15) is 0 Å². The van der Waals surface area contributed by atoms with Crippen molar-refractivity contribution in [1.82, 2.24) is 9.78 Å². The lowest BCUT2D eigenvalue weighted by Crippen LogP contribution is -2.03. The SMILES string of the molecule is CC(C)CCn1ccc(CC(C)C)n1. The molecule has 0 unspecified atom stereocenters. The van der Waals surface area contributed by atoms with E-state index < -0.39 is 0 Å². The van der Waals surface area contributed by atoms with Crippen LogP contribution in [0.25, 0.3) is 0 Å².